The summed E-state index contributed by atoms with van der Waals surface area (Å²) < 4.78 is 2.56. The van der Waals surface area contributed by atoms with Crippen LogP contribution in [-0.2, 0) is 0 Å². The Hall–Kier alpha value is -0.443. The van der Waals surface area contributed by atoms with Gasteiger partial charge in [0.2, 0.25) is 0 Å². The predicted molar refractivity (Wildman–Crippen MR) is 56.4 cm³/mol. The highest BCUT2D eigenvalue weighted by atomic mass is 28.3. The van der Waals surface area contributed by atoms with Gasteiger partial charge in [-0.15, -0.1) is 0 Å². The molecule has 0 aliphatic carbocycles. The third-order valence-electron chi connectivity index (χ3n) is 2.84. The molecule has 0 aromatic carbocycles. The SMILES string of the molecule is CC[Si](C)(C)N1C=CN(C)CC1. The minimum Gasteiger partial charge on any atom is -0.400 e. The summed E-state index contributed by atoms with van der Waals surface area (Å²) in [5.41, 5.74) is 0. The highest BCUT2D eigenvalue weighted by molar-refractivity contribution is 6.74. The molecule has 1 aliphatic heterocycles. The topological polar surface area (TPSA) is 6.48 Å². The molecule has 0 saturated heterocycles. The van der Waals surface area contributed by atoms with Crippen molar-refractivity contribution in [2.45, 2.75) is 26.1 Å². The lowest BCUT2D eigenvalue weighted by Gasteiger charge is -2.39. The van der Waals surface area contributed by atoms with Crippen molar-refractivity contribution in [1.29, 1.82) is 0 Å². The van der Waals surface area contributed by atoms with E-state index < -0.39 is 8.24 Å². The second-order valence-electron chi connectivity index (χ2n) is 4.14. The smallest absolute Gasteiger partial charge is 0.149 e. The molecule has 1 rings (SSSR count). The molecule has 12 heavy (non-hydrogen) atoms. The van der Waals surface area contributed by atoms with E-state index >= 15 is 0 Å². The predicted octanol–water partition coefficient (Wildman–Crippen LogP) is 1.93. The van der Waals surface area contributed by atoms with Crippen LogP contribution in [0.2, 0.25) is 19.1 Å². The minimum absolute atomic E-state index is 1.09. The molecule has 0 spiro atoms. The molecule has 0 saturated carbocycles. The Labute approximate surface area is 76.9 Å². The first-order valence-electron chi connectivity index (χ1n) is 4.71. The monoisotopic (exact) mass is 184 g/mol. The minimum atomic E-state index is -1.09. The first-order valence-corrected chi connectivity index (χ1v) is 7.87. The molecule has 0 unspecified atom stereocenters. The summed E-state index contributed by atoms with van der Waals surface area (Å²) in [4.78, 5) is 2.25. The Morgan fingerprint density at radius 3 is 2.33 bits per heavy atom. The average Bonchev–Trinajstić information content (AvgIpc) is 2.05. The maximum atomic E-state index is 2.56. The van der Waals surface area contributed by atoms with E-state index in [1.54, 1.807) is 0 Å². The van der Waals surface area contributed by atoms with Crippen LogP contribution in [0.25, 0.3) is 0 Å². The van der Waals surface area contributed by atoms with Gasteiger partial charge in [0.25, 0.3) is 0 Å². The fraction of sp³-hybridized carbons (Fsp3) is 0.778. The molecule has 0 fully saturated rings. The van der Waals surface area contributed by atoms with Crippen LogP contribution in [0, 0.1) is 0 Å². The van der Waals surface area contributed by atoms with Crippen LogP contribution < -0.4 is 0 Å². The van der Waals surface area contributed by atoms with E-state index in [1.165, 1.54) is 19.1 Å². The third-order valence-corrected chi connectivity index (χ3v) is 6.50. The summed E-state index contributed by atoms with van der Waals surface area (Å²) in [5, 5.41) is 0. The number of hydrogen-bond acceptors (Lipinski definition) is 2. The van der Waals surface area contributed by atoms with Crippen LogP contribution in [0.4, 0.5) is 0 Å². The van der Waals surface area contributed by atoms with Gasteiger partial charge in [0.1, 0.15) is 8.24 Å². The molecule has 3 heteroatoms. The van der Waals surface area contributed by atoms with Crippen LogP contribution in [0.1, 0.15) is 6.92 Å². The zero-order chi connectivity index (χ0) is 9.19. The van der Waals surface area contributed by atoms with Gasteiger partial charge >= 0.3 is 0 Å². The molecule has 0 radical (unpaired) electrons. The quantitative estimate of drug-likeness (QED) is 0.605. The average molecular weight is 184 g/mol. The summed E-state index contributed by atoms with van der Waals surface area (Å²) >= 11 is 0. The van der Waals surface area contributed by atoms with Crippen molar-refractivity contribution >= 4 is 8.24 Å². The fourth-order valence-corrected chi connectivity index (χ4v) is 2.90. The van der Waals surface area contributed by atoms with Crippen LogP contribution in [0.15, 0.2) is 12.4 Å². The summed E-state index contributed by atoms with van der Waals surface area (Å²) in [6.45, 7) is 9.55. The molecule has 1 aliphatic rings. The Bertz CT molecular complexity index is 177. The van der Waals surface area contributed by atoms with Crippen LogP contribution >= 0.6 is 0 Å². The van der Waals surface area contributed by atoms with Gasteiger partial charge in [-0.1, -0.05) is 20.0 Å². The van der Waals surface area contributed by atoms with Crippen molar-refractivity contribution in [1.82, 2.24) is 9.47 Å². The fourth-order valence-electron chi connectivity index (χ4n) is 1.32. The van der Waals surface area contributed by atoms with E-state index in [2.05, 4.69) is 48.9 Å². The highest BCUT2D eigenvalue weighted by Crippen LogP contribution is 2.17. The van der Waals surface area contributed by atoms with Crippen LogP contribution in [-0.4, -0.2) is 37.8 Å². The molecule has 0 aromatic rings. The maximum Gasteiger partial charge on any atom is 0.149 e. The summed E-state index contributed by atoms with van der Waals surface area (Å²) in [5.74, 6) is 0. The van der Waals surface area contributed by atoms with Gasteiger partial charge < -0.3 is 9.47 Å². The lowest BCUT2D eigenvalue weighted by atomic mass is 10.5. The van der Waals surface area contributed by atoms with E-state index in [0.717, 1.165) is 0 Å². The van der Waals surface area contributed by atoms with E-state index in [-0.39, 0.29) is 0 Å². The molecule has 0 atom stereocenters. The Balaban J connectivity index is 2.60. The largest absolute Gasteiger partial charge is 0.400 e. The molecule has 0 amide bonds. The van der Waals surface area contributed by atoms with Gasteiger partial charge in [-0.2, -0.15) is 0 Å². The van der Waals surface area contributed by atoms with E-state index in [1.807, 2.05) is 0 Å². The highest BCUT2D eigenvalue weighted by Gasteiger charge is 2.26. The van der Waals surface area contributed by atoms with Gasteiger partial charge in [0.05, 0.1) is 0 Å². The third kappa shape index (κ3) is 2.03. The van der Waals surface area contributed by atoms with E-state index in [0.29, 0.717) is 0 Å². The van der Waals surface area contributed by atoms with Gasteiger partial charge in [0, 0.05) is 32.5 Å². The maximum absolute atomic E-state index is 2.56. The second kappa shape index (κ2) is 3.52. The van der Waals surface area contributed by atoms with Gasteiger partial charge in [-0.25, -0.2) is 0 Å². The van der Waals surface area contributed by atoms with Crippen molar-refractivity contribution in [3.8, 4) is 0 Å². The Morgan fingerprint density at radius 2 is 1.92 bits per heavy atom. The summed E-state index contributed by atoms with van der Waals surface area (Å²) in [6.07, 6.45) is 4.45. The zero-order valence-electron chi connectivity index (χ0n) is 8.67. The lowest BCUT2D eigenvalue weighted by molar-refractivity contribution is 0.365. The van der Waals surface area contributed by atoms with Crippen molar-refractivity contribution in [2.75, 3.05) is 20.1 Å². The summed E-state index contributed by atoms with van der Waals surface area (Å²) in [7, 11) is 1.05. The molecular weight excluding hydrogens is 164 g/mol. The van der Waals surface area contributed by atoms with Crippen molar-refractivity contribution < 1.29 is 0 Å². The molecule has 0 N–H and O–H groups in total. The van der Waals surface area contributed by atoms with Crippen molar-refractivity contribution in [3.05, 3.63) is 12.4 Å². The Morgan fingerprint density at radius 1 is 1.25 bits per heavy atom. The second-order valence-corrected chi connectivity index (χ2v) is 9.04. The normalized spacial score (nSPS) is 18.7. The zero-order valence-corrected chi connectivity index (χ0v) is 9.67. The van der Waals surface area contributed by atoms with Crippen molar-refractivity contribution in [2.24, 2.45) is 0 Å². The molecule has 2 nitrogen and oxygen atoms in total. The molecular formula is C9H20N2Si. The van der Waals surface area contributed by atoms with Gasteiger partial charge in [0.15, 0.2) is 0 Å². The molecule has 1 heterocycles. The van der Waals surface area contributed by atoms with Gasteiger partial charge in [-0.05, 0) is 6.04 Å². The standard InChI is InChI=1S/C9H20N2Si/c1-5-12(3,4)11-8-6-10(2)7-9-11/h6,8H,5,7,9H2,1-4H3. The number of likely N-dealkylation sites (N-methyl/N-ethyl adjacent to an activating group) is 1. The molecule has 0 bridgehead atoms. The Kier molecular flexibility index (Phi) is 2.83. The van der Waals surface area contributed by atoms with E-state index in [9.17, 15) is 0 Å². The van der Waals surface area contributed by atoms with Gasteiger partial charge in [-0.3, -0.25) is 0 Å². The first kappa shape index (κ1) is 9.64. The van der Waals surface area contributed by atoms with E-state index in [4.69, 9.17) is 0 Å². The summed E-state index contributed by atoms with van der Waals surface area (Å²) in [6, 6.07) is 1.33. The first-order chi connectivity index (χ1) is 5.56. The van der Waals surface area contributed by atoms with Crippen LogP contribution in [0.5, 0.6) is 0 Å². The molecule has 0 aromatic heterocycles. The number of hydrogen-bond donors (Lipinski definition) is 0. The van der Waals surface area contributed by atoms with Crippen molar-refractivity contribution in [3.63, 3.8) is 0 Å². The number of nitrogens with zero attached hydrogens (tertiary/aromatic N) is 2. The lowest BCUT2D eigenvalue weighted by Crippen LogP contribution is -2.49. The molecule has 70 valence electrons. The van der Waals surface area contributed by atoms with Crippen LogP contribution in [0.3, 0.4) is 0 Å². The number of rotatable bonds is 2.